The van der Waals surface area contributed by atoms with Gasteiger partial charge in [-0.3, -0.25) is 4.79 Å². The van der Waals surface area contributed by atoms with Gasteiger partial charge in [-0.2, -0.15) is 0 Å². The molecule has 0 N–H and O–H groups in total. The minimum absolute atomic E-state index is 0.131. The lowest BCUT2D eigenvalue weighted by molar-refractivity contribution is 0.103. The van der Waals surface area contributed by atoms with Crippen molar-refractivity contribution in [3.8, 4) is 11.5 Å². The van der Waals surface area contributed by atoms with Crippen LogP contribution in [-0.2, 0) is 0 Å². The number of benzene rings is 2. The molecule has 0 aromatic heterocycles. The minimum Gasteiger partial charge on any atom is -0.486 e. The lowest BCUT2D eigenvalue weighted by Crippen LogP contribution is -2.23. The van der Waals surface area contributed by atoms with Gasteiger partial charge in [-0.15, -0.1) is 0 Å². The van der Waals surface area contributed by atoms with Crippen molar-refractivity contribution in [2.24, 2.45) is 0 Å². The van der Waals surface area contributed by atoms with Crippen LogP contribution in [0.5, 0.6) is 11.5 Å². The molecule has 5 heteroatoms. The Hall–Kier alpha value is -2.56. The van der Waals surface area contributed by atoms with E-state index in [9.17, 15) is 9.18 Å². The fraction of sp³-hybridized carbons (Fsp3) is 0.316. The van der Waals surface area contributed by atoms with E-state index in [1.54, 1.807) is 6.07 Å². The highest BCUT2D eigenvalue weighted by Crippen LogP contribution is 2.39. The summed E-state index contributed by atoms with van der Waals surface area (Å²) < 4.78 is 24.4. The van der Waals surface area contributed by atoms with Crippen LogP contribution in [0, 0.1) is 5.82 Å². The van der Waals surface area contributed by atoms with Gasteiger partial charge in [0.15, 0.2) is 17.3 Å². The van der Waals surface area contributed by atoms with Crippen molar-refractivity contribution in [2.75, 3.05) is 31.2 Å². The maximum absolute atomic E-state index is 13.1. The largest absolute Gasteiger partial charge is 0.486 e. The third-order valence-corrected chi connectivity index (χ3v) is 4.46. The van der Waals surface area contributed by atoms with Crippen LogP contribution in [-0.4, -0.2) is 32.1 Å². The van der Waals surface area contributed by atoms with Gasteiger partial charge in [0.1, 0.15) is 19.0 Å². The molecule has 0 unspecified atom stereocenters. The molecule has 2 aromatic carbocycles. The summed E-state index contributed by atoms with van der Waals surface area (Å²) in [5.41, 5.74) is 1.91. The first-order chi connectivity index (χ1) is 11.7. The van der Waals surface area contributed by atoms with E-state index >= 15 is 0 Å². The average molecular weight is 327 g/mol. The van der Waals surface area contributed by atoms with Crippen LogP contribution in [0.4, 0.5) is 10.1 Å². The van der Waals surface area contributed by atoms with E-state index in [1.807, 2.05) is 6.07 Å². The van der Waals surface area contributed by atoms with Crippen LogP contribution in [0.3, 0.4) is 0 Å². The second kappa shape index (κ2) is 6.15. The molecular formula is C19H18FNO3. The van der Waals surface area contributed by atoms with Crippen LogP contribution in [0.15, 0.2) is 36.4 Å². The first-order valence-electron chi connectivity index (χ1n) is 8.21. The predicted molar refractivity (Wildman–Crippen MR) is 88.7 cm³/mol. The molecule has 0 aliphatic carbocycles. The summed E-state index contributed by atoms with van der Waals surface area (Å²) in [4.78, 5) is 15.2. The number of fused-ring (bicyclic) bond motifs is 1. The molecule has 4 nitrogen and oxygen atoms in total. The van der Waals surface area contributed by atoms with E-state index < -0.39 is 0 Å². The summed E-state index contributed by atoms with van der Waals surface area (Å²) >= 11 is 0. The number of nitrogens with zero attached hydrogens (tertiary/aromatic N) is 1. The lowest BCUT2D eigenvalue weighted by atomic mass is 10.00. The molecule has 0 radical (unpaired) electrons. The molecule has 0 amide bonds. The molecule has 1 fully saturated rings. The maximum atomic E-state index is 13.1. The highest BCUT2D eigenvalue weighted by atomic mass is 19.1. The number of hydrogen-bond donors (Lipinski definition) is 0. The van der Waals surface area contributed by atoms with Crippen molar-refractivity contribution >= 4 is 11.5 Å². The van der Waals surface area contributed by atoms with E-state index in [4.69, 9.17) is 9.47 Å². The number of ether oxygens (including phenoxy) is 2. The average Bonchev–Trinajstić information content (AvgIpc) is 3.15. The molecule has 0 saturated carbocycles. The van der Waals surface area contributed by atoms with Gasteiger partial charge in [-0.05, 0) is 43.2 Å². The first-order valence-corrected chi connectivity index (χ1v) is 8.21. The molecule has 24 heavy (non-hydrogen) atoms. The van der Waals surface area contributed by atoms with Gasteiger partial charge in [-0.25, -0.2) is 4.39 Å². The third kappa shape index (κ3) is 2.70. The first kappa shape index (κ1) is 15.0. The van der Waals surface area contributed by atoms with Crippen LogP contribution >= 0.6 is 0 Å². The van der Waals surface area contributed by atoms with Crippen molar-refractivity contribution in [1.29, 1.82) is 0 Å². The van der Waals surface area contributed by atoms with Crippen LogP contribution in [0.1, 0.15) is 28.8 Å². The number of halogens is 1. The Morgan fingerprint density at radius 1 is 0.958 bits per heavy atom. The summed E-state index contributed by atoms with van der Waals surface area (Å²) in [6.07, 6.45) is 2.22. The van der Waals surface area contributed by atoms with Crippen molar-refractivity contribution in [3.05, 3.63) is 53.3 Å². The number of carbonyl (C=O) groups is 1. The predicted octanol–water partition coefficient (Wildman–Crippen LogP) is 3.43. The maximum Gasteiger partial charge on any atom is 0.195 e. The molecular weight excluding hydrogens is 309 g/mol. The Labute approximate surface area is 139 Å². The van der Waals surface area contributed by atoms with E-state index in [2.05, 4.69) is 4.90 Å². The molecule has 124 valence electrons. The number of rotatable bonds is 3. The highest BCUT2D eigenvalue weighted by molar-refractivity contribution is 6.13. The van der Waals surface area contributed by atoms with E-state index in [0.717, 1.165) is 31.6 Å². The Morgan fingerprint density at radius 2 is 1.58 bits per heavy atom. The van der Waals surface area contributed by atoms with Crippen LogP contribution in [0.25, 0.3) is 0 Å². The molecule has 0 atom stereocenters. The standard InChI is InChI=1S/C19H18FNO3/c20-14-5-3-13(4-6-14)19(22)15-11-17-18(24-10-9-23-17)12-16(15)21-7-1-2-8-21/h3-6,11-12H,1-2,7-10H2. The zero-order valence-corrected chi connectivity index (χ0v) is 13.3. The van der Waals surface area contributed by atoms with Gasteiger partial charge in [0.05, 0.1) is 5.69 Å². The lowest BCUT2D eigenvalue weighted by Gasteiger charge is -2.25. The highest BCUT2D eigenvalue weighted by Gasteiger charge is 2.25. The van der Waals surface area contributed by atoms with Crippen molar-refractivity contribution in [2.45, 2.75) is 12.8 Å². The fourth-order valence-corrected chi connectivity index (χ4v) is 3.24. The Kier molecular flexibility index (Phi) is 3.84. The van der Waals surface area contributed by atoms with Gasteiger partial charge in [0.2, 0.25) is 0 Å². The van der Waals surface area contributed by atoms with Gasteiger partial charge < -0.3 is 14.4 Å². The minimum atomic E-state index is -0.353. The van der Waals surface area contributed by atoms with Crippen LogP contribution in [0.2, 0.25) is 0 Å². The molecule has 0 bridgehead atoms. The smallest absolute Gasteiger partial charge is 0.195 e. The third-order valence-electron chi connectivity index (χ3n) is 4.46. The summed E-state index contributed by atoms with van der Waals surface area (Å²) in [7, 11) is 0. The number of hydrogen-bond acceptors (Lipinski definition) is 4. The quantitative estimate of drug-likeness (QED) is 0.810. The second-order valence-electron chi connectivity index (χ2n) is 6.04. The monoisotopic (exact) mass is 327 g/mol. The fourth-order valence-electron chi connectivity index (χ4n) is 3.24. The summed E-state index contributed by atoms with van der Waals surface area (Å²) in [6, 6.07) is 9.30. The van der Waals surface area contributed by atoms with Gasteiger partial charge in [0.25, 0.3) is 0 Å². The zero-order valence-electron chi connectivity index (χ0n) is 13.3. The SMILES string of the molecule is O=C(c1ccc(F)cc1)c1cc2c(cc1N1CCCC1)OCCO2. The molecule has 2 aliphatic heterocycles. The Morgan fingerprint density at radius 3 is 2.25 bits per heavy atom. The topological polar surface area (TPSA) is 38.8 Å². The van der Waals surface area contributed by atoms with Crippen LogP contribution < -0.4 is 14.4 Å². The molecule has 0 spiro atoms. The van der Waals surface area contributed by atoms with E-state index in [1.165, 1.54) is 24.3 Å². The van der Waals surface area contributed by atoms with Gasteiger partial charge >= 0.3 is 0 Å². The Balaban J connectivity index is 1.79. The normalized spacial score (nSPS) is 16.3. The Bertz CT molecular complexity index is 767. The zero-order chi connectivity index (χ0) is 16.5. The van der Waals surface area contributed by atoms with Crippen molar-refractivity contribution in [1.82, 2.24) is 0 Å². The molecule has 2 heterocycles. The van der Waals surface area contributed by atoms with E-state index in [-0.39, 0.29) is 11.6 Å². The number of anilines is 1. The molecule has 2 aromatic rings. The van der Waals surface area contributed by atoms with Crippen molar-refractivity contribution in [3.63, 3.8) is 0 Å². The number of carbonyl (C=O) groups excluding carboxylic acids is 1. The van der Waals surface area contributed by atoms with Gasteiger partial charge in [0, 0.05) is 30.3 Å². The molecule has 1 saturated heterocycles. The summed E-state index contributed by atoms with van der Waals surface area (Å²) in [6.45, 7) is 2.82. The van der Waals surface area contributed by atoms with Crippen molar-refractivity contribution < 1.29 is 18.7 Å². The summed E-state index contributed by atoms with van der Waals surface area (Å²) in [5, 5.41) is 0. The van der Waals surface area contributed by atoms with E-state index in [0.29, 0.717) is 35.8 Å². The molecule has 2 aliphatic rings. The molecule has 4 rings (SSSR count). The second-order valence-corrected chi connectivity index (χ2v) is 6.04. The number of ketones is 1. The van der Waals surface area contributed by atoms with Gasteiger partial charge in [-0.1, -0.05) is 0 Å². The summed E-state index contributed by atoms with van der Waals surface area (Å²) in [5.74, 6) is 0.788.